The lowest BCUT2D eigenvalue weighted by Gasteiger charge is -2.05. The molecule has 1 aromatic heterocycles. The van der Waals surface area contributed by atoms with Crippen LogP contribution >= 0.6 is 0 Å². The Bertz CT molecular complexity index is 263. The number of hydrogen-bond donors (Lipinski definition) is 1. The average molecular weight is 168 g/mol. The van der Waals surface area contributed by atoms with Crippen LogP contribution in [0.4, 0.5) is 0 Å². The first-order valence-corrected chi connectivity index (χ1v) is 3.78. The maximum atomic E-state index is 8.51. The zero-order chi connectivity index (χ0) is 8.97. The van der Waals surface area contributed by atoms with Gasteiger partial charge in [0.15, 0.2) is 0 Å². The van der Waals surface area contributed by atoms with Crippen LogP contribution < -0.4 is 4.74 Å². The van der Waals surface area contributed by atoms with Crippen molar-refractivity contribution in [1.82, 2.24) is 9.97 Å². The molecule has 0 aliphatic carbocycles. The highest BCUT2D eigenvalue weighted by Gasteiger charge is 2.01. The highest BCUT2D eigenvalue weighted by molar-refractivity contribution is 5.17. The van der Waals surface area contributed by atoms with Crippen molar-refractivity contribution in [2.75, 3.05) is 13.2 Å². The molecule has 4 heteroatoms. The lowest BCUT2D eigenvalue weighted by molar-refractivity contribution is 0.195. The van der Waals surface area contributed by atoms with Gasteiger partial charge in [-0.3, -0.25) is 4.98 Å². The Morgan fingerprint density at radius 1 is 1.50 bits per heavy atom. The van der Waals surface area contributed by atoms with Crippen molar-refractivity contribution < 1.29 is 9.84 Å². The van der Waals surface area contributed by atoms with Crippen LogP contribution in [0.15, 0.2) is 6.20 Å². The van der Waals surface area contributed by atoms with Crippen LogP contribution in [0, 0.1) is 13.8 Å². The summed E-state index contributed by atoms with van der Waals surface area (Å²) in [4.78, 5) is 8.18. The van der Waals surface area contributed by atoms with Crippen LogP contribution in [0.1, 0.15) is 11.4 Å². The van der Waals surface area contributed by atoms with E-state index in [-0.39, 0.29) is 13.2 Å². The molecule has 1 aromatic rings. The molecule has 12 heavy (non-hydrogen) atoms. The first kappa shape index (κ1) is 8.93. The largest absolute Gasteiger partial charge is 0.474 e. The van der Waals surface area contributed by atoms with E-state index in [4.69, 9.17) is 9.84 Å². The molecule has 0 bridgehead atoms. The Balaban J connectivity index is 2.75. The standard InChI is InChI=1S/C8H12N2O2/c1-6-5-9-7(2)8(10-6)12-4-3-11/h5,11H,3-4H2,1-2H3. The Morgan fingerprint density at radius 2 is 2.25 bits per heavy atom. The van der Waals surface area contributed by atoms with Crippen LogP contribution in [-0.4, -0.2) is 28.3 Å². The van der Waals surface area contributed by atoms with Gasteiger partial charge in [0, 0.05) is 6.20 Å². The van der Waals surface area contributed by atoms with Crippen LogP contribution in [0.2, 0.25) is 0 Å². The first-order chi connectivity index (χ1) is 5.74. The highest BCUT2D eigenvalue weighted by Crippen LogP contribution is 2.10. The van der Waals surface area contributed by atoms with Gasteiger partial charge in [0.1, 0.15) is 6.61 Å². The molecule has 0 radical (unpaired) electrons. The Kier molecular flexibility index (Phi) is 2.99. The summed E-state index contributed by atoms with van der Waals surface area (Å²) >= 11 is 0. The molecule has 0 amide bonds. The molecule has 0 aromatic carbocycles. The van der Waals surface area contributed by atoms with Crippen molar-refractivity contribution in [3.05, 3.63) is 17.6 Å². The second-order valence-electron chi connectivity index (χ2n) is 2.47. The third-order valence-corrected chi connectivity index (χ3v) is 1.36. The van der Waals surface area contributed by atoms with Crippen LogP contribution in [0.5, 0.6) is 5.88 Å². The Hall–Kier alpha value is -1.16. The molecule has 4 nitrogen and oxygen atoms in total. The fraction of sp³-hybridized carbons (Fsp3) is 0.500. The number of hydrogen-bond acceptors (Lipinski definition) is 4. The molecule has 1 rings (SSSR count). The van der Waals surface area contributed by atoms with Crippen molar-refractivity contribution in [1.29, 1.82) is 0 Å². The number of aliphatic hydroxyl groups is 1. The minimum absolute atomic E-state index is 0.00490. The van der Waals surface area contributed by atoms with Crippen molar-refractivity contribution in [3.8, 4) is 5.88 Å². The molecule has 0 atom stereocenters. The lowest BCUT2D eigenvalue weighted by Crippen LogP contribution is -2.05. The summed E-state index contributed by atoms with van der Waals surface area (Å²) in [6.45, 7) is 3.92. The van der Waals surface area contributed by atoms with Gasteiger partial charge in [0.2, 0.25) is 5.88 Å². The van der Waals surface area contributed by atoms with Gasteiger partial charge < -0.3 is 9.84 Å². The number of aliphatic hydroxyl groups excluding tert-OH is 1. The zero-order valence-electron chi connectivity index (χ0n) is 7.24. The van der Waals surface area contributed by atoms with E-state index in [1.165, 1.54) is 0 Å². The summed E-state index contributed by atoms with van der Waals surface area (Å²) in [5.74, 6) is 0.504. The molecular formula is C8H12N2O2. The minimum Gasteiger partial charge on any atom is -0.474 e. The zero-order valence-corrected chi connectivity index (χ0v) is 7.24. The molecule has 0 fully saturated rings. The van der Waals surface area contributed by atoms with Crippen LogP contribution in [-0.2, 0) is 0 Å². The van der Waals surface area contributed by atoms with Crippen LogP contribution in [0.3, 0.4) is 0 Å². The maximum Gasteiger partial charge on any atom is 0.235 e. The van der Waals surface area contributed by atoms with Gasteiger partial charge in [0.05, 0.1) is 18.0 Å². The molecule has 1 N–H and O–H groups in total. The minimum atomic E-state index is -0.00490. The molecule has 0 saturated carbocycles. The van der Waals surface area contributed by atoms with E-state index in [2.05, 4.69) is 9.97 Å². The third kappa shape index (κ3) is 2.17. The Labute approximate surface area is 71.2 Å². The van der Waals surface area contributed by atoms with Gasteiger partial charge >= 0.3 is 0 Å². The van der Waals surface area contributed by atoms with E-state index in [1.807, 2.05) is 13.8 Å². The van der Waals surface area contributed by atoms with Crippen LogP contribution in [0.25, 0.3) is 0 Å². The van der Waals surface area contributed by atoms with Gasteiger partial charge in [-0.05, 0) is 13.8 Å². The second kappa shape index (κ2) is 4.01. The Morgan fingerprint density at radius 3 is 2.92 bits per heavy atom. The SMILES string of the molecule is Cc1cnc(C)c(OCCO)n1. The number of rotatable bonds is 3. The van der Waals surface area contributed by atoms with Crippen molar-refractivity contribution in [3.63, 3.8) is 0 Å². The predicted octanol–water partition coefficient (Wildman–Crippen LogP) is 0.465. The molecular weight excluding hydrogens is 156 g/mol. The van der Waals surface area contributed by atoms with Gasteiger partial charge in [-0.15, -0.1) is 0 Å². The summed E-state index contributed by atoms with van der Waals surface area (Å²) in [7, 11) is 0. The molecule has 0 saturated heterocycles. The smallest absolute Gasteiger partial charge is 0.235 e. The normalized spacial score (nSPS) is 9.92. The predicted molar refractivity (Wildman–Crippen MR) is 44.1 cm³/mol. The molecule has 0 aliphatic rings. The first-order valence-electron chi connectivity index (χ1n) is 3.78. The monoisotopic (exact) mass is 168 g/mol. The lowest BCUT2D eigenvalue weighted by atomic mass is 10.4. The van der Waals surface area contributed by atoms with Crippen molar-refractivity contribution in [2.24, 2.45) is 0 Å². The fourth-order valence-corrected chi connectivity index (χ4v) is 0.794. The van der Waals surface area contributed by atoms with E-state index >= 15 is 0 Å². The molecule has 1 heterocycles. The van der Waals surface area contributed by atoms with Gasteiger partial charge in [0.25, 0.3) is 0 Å². The van der Waals surface area contributed by atoms with Gasteiger partial charge in [-0.25, -0.2) is 4.98 Å². The molecule has 0 unspecified atom stereocenters. The number of nitrogens with zero attached hydrogens (tertiary/aromatic N) is 2. The van der Waals surface area contributed by atoms with Crippen molar-refractivity contribution in [2.45, 2.75) is 13.8 Å². The summed E-state index contributed by atoms with van der Waals surface area (Å²) in [6, 6.07) is 0. The van der Waals surface area contributed by atoms with Gasteiger partial charge in [-0.2, -0.15) is 0 Å². The number of aromatic nitrogens is 2. The average Bonchev–Trinajstić information content (AvgIpc) is 2.07. The van der Waals surface area contributed by atoms with E-state index in [9.17, 15) is 0 Å². The summed E-state index contributed by atoms with van der Waals surface area (Å²) in [5.41, 5.74) is 1.56. The topological polar surface area (TPSA) is 55.2 Å². The molecule has 0 spiro atoms. The summed E-state index contributed by atoms with van der Waals surface area (Å²) in [6.07, 6.45) is 1.68. The fourth-order valence-electron chi connectivity index (χ4n) is 0.794. The summed E-state index contributed by atoms with van der Waals surface area (Å²) < 4.78 is 5.14. The molecule has 66 valence electrons. The highest BCUT2D eigenvalue weighted by atomic mass is 16.5. The second-order valence-corrected chi connectivity index (χ2v) is 2.47. The summed E-state index contributed by atoms with van der Waals surface area (Å²) in [5, 5.41) is 8.51. The third-order valence-electron chi connectivity index (χ3n) is 1.36. The maximum absolute atomic E-state index is 8.51. The van der Waals surface area contributed by atoms with E-state index < -0.39 is 0 Å². The van der Waals surface area contributed by atoms with E-state index in [1.54, 1.807) is 6.20 Å². The quantitative estimate of drug-likeness (QED) is 0.712. The number of ether oxygens (including phenoxy) is 1. The van der Waals surface area contributed by atoms with Gasteiger partial charge in [-0.1, -0.05) is 0 Å². The molecule has 0 aliphatic heterocycles. The number of aryl methyl sites for hydroxylation is 2. The van der Waals surface area contributed by atoms with Crippen molar-refractivity contribution >= 4 is 0 Å². The van der Waals surface area contributed by atoms with E-state index in [0.717, 1.165) is 11.4 Å². The van der Waals surface area contributed by atoms with E-state index in [0.29, 0.717) is 5.88 Å².